The summed E-state index contributed by atoms with van der Waals surface area (Å²) in [5, 5.41) is 0. The molecule has 0 unspecified atom stereocenters. The van der Waals surface area contributed by atoms with Crippen LogP contribution < -0.4 is 4.74 Å². The summed E-state index contributed by atoms with van der Waals surface area (Å²) in [4.78, 5) is 0. The number of hydrogen-bond donors (Lipinski definition) is 0. The minimum atomic E-state index is 0.801. The Morgan fingerprint density at radius 3 is 2.79 bits per heavy atom. The van der Waals surface area contributed by atoms with E-state index in [1.807, 2.05) is 6.07 Å². The molecule has 0 N–H and O–H groups in total. The summed E-state index contributed by atoms with van der Waals surface area (Å²) >= 11 is 0. The molecule has 0 atom stereocenters. The maximum absolute atomic E-state index is 5.77. The standard InChI is InChI=1S/C13H18O/c1-11-5-4-8-13(9-11)14-10-12-6-2-3-7-12/h4-5,8-9,12H,2-3,6-7,10H2,1H3. The zero-order chi connectivity index (χ0) is 9.80. The predicted molar refractivity (Wildman–Crippen MR) is 58.6 cm³/mol. The molecular weight excluding hydrogens is 172 g/mol. The first-order valence-corrected chi connectivity index (χ1v) is 5.54. The molecule has 0 bridgehead atoms. The lowest BCUT2D eigenvalue weighted by atomic mass is 10.1. The fourth-order valence-corrected chi connectivity index (χ4v) is 2.10. The topological polar surface area (TPSA) is 9.23 Å². The highest BCUT2D eigenvalue weighted by atomic mass is 16.5. The minimum Gasteiger partial charge on any atom is -0.493 e. The minimum absolute atomic E-state index is 0.801. The highest BCUT2D eigenvalue weighted by molar-refractivity contribution is 5.27. The van der Waals surface area contributed by atoms with E-state index in [9.17, 15) is 0 Å². The SMILES string of the molecule is Cc1cccc(OCC2CCCC2)c1. The molecule has 0 amide bonds. The first kappa shape index (κ1) is 9.57. The molecule has 0 saturated heterocycles. The van der Waals surface area contributed by atoms with Crippen molar-refractivity contribution in [3.8, 4) is 5.75 Å². The van der Waals surface area contributed by atoms with Crippen molar-refractivity contribution in [1.82, 2.24) is 0 Å². The van der Waals surface area contributed by atoms with E-state index in [1.165, 1.54) is 31.2 Å². The van der Waals surface area contributed by atoms with E-state index in [0.29, 0.717) is 0 Å². The second-order valence-electron chi connectivity index (χ2n) is 4.28. The monoisotopic (exact) mass is 190 g/mol. The van der Waals surface area contributed by atoms with Gasteiger partial charge in [0.1, 0.15) is 5.75 Å². The van der Waals surface area contributed by atoms with Crippen molar-refractivity contribution >= 4 is 0 Å². The summed E-state index contributed by atoms with van der Waals surface area (Å²) in [6.45, 7) is 3.01. The van der Waals surface area contributed by atoms with Gasteiger partial charge in [-0.25, -0.2) is 0 Å². The number of hydrogen-bond acceptors (Lipinski definition) is 1. The van der Waals surface area contributed by atoms with Gasteiger partial charge in [0.15, 0.2) is 0 Å². The van der Waals surface area contributed by atoms with Gasteiger partial charge in [0, 0.05) is 0 Å². The van der Waals surface area contributed by atoms with Gasteiger partial charge in [-0.05, 0) is 43.4 Å². The van der Waals surface area contributed by atoms with Crippen LogP contribution in [0.25, 0.3) is 0 Å². The Kier molecular flexibility index (Phi) is 3.07. The van der Waals surface area contributed by atoms with Crippen LogP contribution in [0.1, 0.15) is 31.2 Å². The Morgan fingerprint density at radius 2 is 2.07 bits per heavy atom. The lowest BCUT2D eigenvalue weighted by molar-refractivity contribution is 0.252. The van der Waals surface area contributed by atoms with Crippen LogP contribution in [-0.4, -0.2) is 6.61 Å². The second-order valence-corrected chi connectivity index (χ2v) is 4.28. The summed E-state index contributed by atoms with van der Waals surface area (Å²) < 4.78 is 5.77. The Labute approximate surface area is 86.1 Å². The fourth-order valence-electron chi connectivity index (χ4n) is 2.10. The zero-order valence-electron chi connectivity index (χ0n) is 8.83. The molecule has 14 heavy (non-hydrogen) atoms. The average Bonchev–Trinajstić information content (AvgIpc) is 2.67. The lowest BCUT2D eigenvalue weighted by Crippen LogP contribution is -2.07. The van der Waals surface area contributed by atoms with Crippen molar-refractivity contribution in [2.75, 3.05) is 6.61 Å². The molecule has 0 aromatic heterocycles. The summed E-state index contributed by atoms with van der Waals surface area (Å²) in [5.74, 6) is 1.83. The Morgan fingerprint density at radius 1 is 1.29 bits per heavy atom. The summed E-state index contributed by atoms with van der Waals surface area (Å²) in [6.07, 6.45) is 5.49. The van der Waals surface area contributed by atoms with Crippen LogP contribution in [0.15, 0.2) is 24.3 Å². The van der Waals surface area contributed by atoms with Gasteiger partial charge in [-0.2, -0.15) is 0 Å². The van der Waals surface area contributed by atoms with E-state index in [4.69, 9.17) is 4.74 Å². The molecule has 1 heteroatoms. The highest BCUT2D eigenvalue weighted by Gasteiger charge is 2.15. The maximum atomic E-state index is 5.77. The summed E-state index contributed by atoms with van der Waals surface area (Å²) in [5.41, 5.74) is 1.27. The van der Waals surface area contributed by atoms with Crippen molar-refractivity contribution in [2.24, 2.45) is 5.92 Å². The average molecular weight is 190 g/mol. The van der Waals surface area contributed by atoms with Gasteiger partial charge in [0.05, 0.1) is 6.61 Å². The second kappa shape index (κ2) is 4.50. The van der Waals surface area contributed by atoms with Gasteiger partial charge in [-0.15, -0.1) is 0 Å². The van der Waals surface area contributed by atoms with E-state index >= 15 is 0 Å². The Balaban J connectivity index is 1.85. The lowest BCUT2D eigenvalue weighted by Gasteiger charge is -2.11. The molecule has 1 nitrogen and oxygen atoms in total. The molecule has 0 heterocycles. The van der Waals surface area contributed by atoms with E-state index in [0.717, 1.165) is 18.3 Å². The third-order valence-electron chi connectivity index (χ3n) is 2.95. The third kappa shape index (κ3) is 2.50. The number of aryl methyl sites for hydroxylation is 1. The van der Waals surface area contributed by atoms with Gasteiger partial charge in [-0.3, -0.25) is 0 Å². The van der Waals surface area contributed by atoms with Crippen molar-refractivity contribution in [1.29, 1.82) is 0 Å². The van der Waals surface area contributed by atoms with E-state index in [1.54, 1.807) is 0 Å². The molecule has 1 aromatic rings. The van der Waals surface area contributed by atoms with Crippen molar-refractivity contribution in [3.05, 3.63) is 29.8 Å². The van der Waals surface area contributed by atoms with Gasteiger partial charge < -0.3 is 4.74 Å². The third-order valence-corrected chi connectivity index (χ3v) is 2.95. The maximum Gasteiger partial charge on any atom is 0.119 e. The molecule has 1 aliphatic carbocycles. The van der Waals surface area contributed by atoms with E-state index in [-0.39, 0.29) is 0 Å². The van der Waals surface area contributed by atoms with Crippen molar-refractivity contribution in [3.63, 3.8) is 0 Å². The summed E-state index contributed by atoms with van der Waals surface area (Å²) in [6, 6.07) is 8.30. The van der Waals surface area contributed by atoms with Gasteiger partial charge in [-0.1, -0.05) is 25.0 Å². The molecule has 0 aliphatic heterocycles. The normalized spacial score (nSPS) is 17.2. The van der Waals surface area contributed by atoms with Crippen molar-refractivity contribution < 1.29 is 4.74 Å². The van der Waals surface area contributed by atoms with Crippen LogP contribution in [0, 0.1) is 12.8 Å². The quantitative estimate of drug-likeness (QED) is 0.708. The van der Waals surface area contributed by atoms with Crippen LogP contribution in [0.3, 0.4) is 0 Å². The van der Waals surface area contributed by atoms with Gasteiger partial charge in [0.25, 0.3) is 0 Å². The van der Waals surface area contributed by atoms with Crippen LogP contribution in [0.2, 0.25) is 0 Å². The Hall–Kier alpha value is -0.980. The summed E-state index contributed by atoms with van der Waals surface area (Å²) in [7, 11) is 0. The first-order valence-electron chi connectivity index (χ1n) is 5.54. The molecule has 1 aliphatic rings. The molecule has 0 spiro atoms. The fraction of sp³-hybridized carbons (Fsp3) is 0.538. The van der Waals surface area contributed by atoms with Crippen LogP contribution in [-0.2, 0) is 0 Å². The van der Waals surface area contributed by atoms with Crippen LogP contribution in [0.4, 0.5) is 0 Å². The molecule has 1 fully saturated rings. The number of benzene rings is 1. The first-order chi connectivity index (χ1) is 6.84. The van der Waals surface area contributed by atoms with Gasteiger partial charge in [0.2, 0.25) is 0 Å². The molecule has 1 aromatic carbocycles. The Bertz CT molecular complexity index is 287. The molecular formula is C13H18O. The van der Waals surface area contributed by atoms with Gasteiger partial charge >= 0.3 is 0 Å². The zero-order valence-corrected chi connectivity index (χ0v) is 8.83. The largest absolute Gasteiger partial charge is 0.493 e. The van der Waals surface area contributed by atoms with Crippen LogP contribution >= 0.6 is 0 Å². The van der Waals surface area contributed by atoms with Crippen molar-refractivity contribution in [2.45, 2.75) is 32.6 Å². The molecule has 2 rings (SSSR count). The van der Waals surface area contributed by atoms with E-state index in [2.05, 4.69) is 25.1 Å². The molecule has 0 radical (unpaired) electrons. The predicted octanol–water partition coefficient (Wildman–Crippen LogP) is 3.56. The number of rotatable bonds is 3. The highest BCUT2D eigenvalue weighted by Crippen LogP contribution is 2.25. The van der Waals surface area contributed by atoms with Crippen LogP contribution in [0.5, 0.6) is 5.75 Å². The number of ether oxygens (including phenoxy) is 1. The molecule has 76 valence electrons. The smallest absolute Gasteiger partial charge is 0.119 e. The van der Waals surface area contributed by atoms with E-state index < -0.39 is 0 Å². The molecule has 1 saturated carbocycles.